The molecule has 9 heteroatoms. The van der Waals surface area contributed by atoms with Crippen molar-refractivity contribution in [1.29, 1.82) is 0 Å². The summed E-state index contributed by atoms with van der Waals surface area (Å²) in [5.41, 5.74) is 8.11. The van der Waals surface area contributed by atoms with E-state index < -0.39 is 23.8 Å². The molecule has 0 bridgehead atoms. The number of halogens is 3. The SMILES string of the molecule is NC(=O)Nc1cc(NC(N)=O)cc(C(F)(F)F)c1. The summed E-state index contributed by atoms with van der Waals surface area (Å²) in [6.45, 7) is 0. The van der Waals surface area contributed by atoms with Crippen LogP contribution in [0.3, 0.4) is 0 Å². The highest BCUT2D eigenvalue weighted by Gasteiger charge is 2.31. The fraction of sp³-hybridized carbons (Fsp3) is 0.111. The molecule has 0 saturated carbocycles. The lowest BCUT2D eigenvalue weighted by Crippen LogP contribution is -2.22. The van der Waals surface area contributed by atoms with E-state index in [1.807, 2.05) is 10.6 Å². The summed E-state index contributed by atoms with van der Waals surface area (Å²) in [6.07, 6.45) is -4.64. The Kier molecular flexibility index (Phi) is 3.64. The van der Waals surface area contributed by atoms with Crippen LogP contribution in [-0.2, 0) is 6.18 Å². The van der Waals surface area contributed by atoms with Gasteiger partial charge in [0.15, 0.2) is 0 Å². The minimum Gasteiger partial charge on any atom is -0.351 e. The number of alkyl halides is 3. The van der Waals surface area contributed by atoms with Gasteiger partial charge in [-0.15, -0.1) is 0 Å². The number of benzene rings is 1. The molecule has 4 amide bonds. The van der Waals surface area contributed by atoms with Crippen LogP contribution in [0.5, 0.6) is 0 Å². The molecule has 1 aromatic carbocycles. The second-order valence-corrected chi connectivity index (χ2v) is 3.28. The maximum Gasteiger partial charge on any atom is 0.416 e. The highest BCUT2D eigenvalue weighted by molar-refractivity contribution is 5.91. The quantitative estimate of drug-likeness (QED) is 0.650. The maximum atomic E-state index is 12.5. The molecule has 0 fully saturated rings. The van der Waals surface area contributed by atoms with Crippen molar-refractivity contribution in [1.82, 2.24) is 0 Å². The molecule has 1 aromatic rings. The number of urea groups is 2. The molecule has 0 aliphatic carbocycles. The monoisotopic (exact) mass is 262 g/mol. The molecule has 6 nitrogen and oxygen atoms in total. The van der Waals surface area contributed by atoms with Gasteiger partial charge in [0.25, 0.3) is 0 Å². The minimum absolute atomic E-state index is 0.207. The third-order valence-electron chi connectivity index (χ3n) is 1.80. The van der Waals surface area contributed by atoms with Gasteiger partial charge in [0, 0.05) is 11.4 Å². The molecule has 0 heterocycles. The number of anilines is 2. The number of carbonyl (C=O) groups excluding carboxylic acids is 2. The van der Waals surface area contributed by atoms with Crippen molar-refractivity contribution < 1.29 is 22.8 Å². The summed E-state index contributed by atoms with van der Waals surface area (Å²) >= 11 is 0. The average Bonchev–Trinajstić information content (AvgIpc) is 2.13. The van der Waals surface area contributed by atoms with Crippen LogP contribution in [0.15, 0.2) is 18.2 Å². The first-order valence-electron chi connectivity index (χ1n) is 4.53. The van der Waals surface area contributed by atoms with Crippen LogP contribution >= 0.6 is 0 Å². The molecule has 0 aliphatic heterocycles. The molecule has 18 heavy (non-hydrogen) atoms. The number of hydrogen-bond donors (Lipinski definition) is 4. The van der Waals surface area contributed by atoms with E-state index >= 15 is 0 Å². The van der Waals surface area contributed by atoms with Crippen molar-refractivity contribution in [2.45, 2.75) is 6.18 Å². The number of hydrogen-bond acceptors (Lipinski definition) is 2. The number of carbonyl (C=O) groups is 2. The molecule has 98 valence electrons. The van der Waals surface area contributed by atoms with Gasteiger partial charge < -0.3 is 22.1 Å². The van der Waals surface area contributed by atoms with Crippen molar-refractivity contribution in [3.8, 4) is 0 Å². The molecule has 0 radical (unpaired) electrons. The van der Waals surface area contributed by atoms with Crippen molar-refractivity contribution in [3.05, 3.63) is 23.8 Å². The fourth-order valence-electron chi connectivity index (χ4n) is 1.22. The Balaban J connectivity index is 3.19. The van der Waals surface area contributed by atoms with Crippen molar-refractivity contribution >= 4 is 23.4 Å². The van der Waals surface area contributed by atoms with Crippen LogP contribution in [0.1, 0.15) is 5.56 Å². The number of nitrogens with two attached hydrogens (primary N) is 2. The van der Waals surface area contributed by atoms with Gasteiger partial charge in [-0.1, -0.05) is 0 Å². The number of primary amides is 2. The summed E-state index contributed by atoms with van der Waals surface area (Å²) in [6, 6.07) is 0.386. The highest BCUT2D eigenvalue weighted by atomic mass is 19.4. The van der Waals surface area contributed by atoms with Gasteiger partial charge in [0.05, 0.1) is 5.56 Å². The molecule has 6 N–H and O–H groups in total. The normalized spacial score (nSPS) is 10.8. The highest BCUT2D eigenvalue weighted by Crippen LogP contribution is 2.33. The molecule has 1 rings (SSSR count). The minimum atomic E-state index is -4.64. The second kappa shape index (κ2) is 4.82. The Bertz CT molecular complexity index is 453. The Hall–Kier alpha value is -2.45. The van der Waals surface area contributed by atoms with Gasteiger partial charge in [-0.05, 0) is 18.2 Å². The summed E-state index contributed by atoms with van der Waals surface area (Å²) in [5, 5.41) is 3.96. The van der Waals surface area contributed by atoms with E-state index in [0.717, 1.165) is 6.07 Å². The molecule has 0 aliphatic rings. The second-order valence-electron chi connectivity index (χ2n) is 3.28. The lowest BCUT2D eigenvalue weighted by atomic mass is 10.1. The van der Waals surface area contributed by atoms with Gasteiger partial charge in [-0.2, -0.15) is 13.2 Å². The molecular formula is C9H9F3N4O2. The first kappa shape index (κ1) is 13.6. The summed E-state index contributed by atoms with van der Waals surface area (Å²) in [5.74, 6) is 0. The van der Waals surface area contributed by atoms with Crippen LogP contribution < -0.4 is 22.1 Å². The fourth-order valence-corrected chi connectivity index (χ4v) is 1.22. The Labute approximate surface area is 99.1 Å². The van der Waals surface area contributed by atoms with Gasteiger partial charge >= 0.3 is 18.2 Å². The van der Waals surface area contributed by atoms with Gasteiger partial charge in [-0.3, -0.25) is 0 Å². The first-order chi connectivity index (χ1) is 8.18. The molecule has 0 aromatic heterocycles. The van der Waals surface area contributed by atoms with Gasteiger partial charge in [0.1, 0.15) is 0 Å². The molecule has 0 spiro atoms. The van der Waals surface area contributed by atoms with Gasteiger partial charge in [0.2, 0.25) is 0 Å². The lowest BCUT2D eigenvalue weighted by molar-refractivity contribution is -0.137. The van der Waals surface area contributed by atoms with Crippen LogP contribution in [0.2, 0.25) is 0 Å². The van der Waals surface area contributed by atoms with Gasteiger partial charge in [-0.25, -0.2) is 9.59 Å². The lowest BCUT2D eigenvalue weighted by Gasteiger charge is -2.12. The van der Waals surface area contributed by atoms with Crippen molar-refractivity contribution in [2.75, 3.05) is 10.6 Å². The van der Waals surface area contributed by atoms with E-state index in [4.69, 9.17) is 11.5 Å². The predicted molar refractivity (Wildman–Crippen MR) is 57.9 cm³/mol. The van der Waals surface area contributed by atoms with E-state index in [1.165, 1.54) is 0 Å². The molecular weight excluding hydrogens is 253 g/mol. The third kappa shape index (κ3) is 3.85. The van der Waals surface area contributed by atoms with E-state index in [1.54, 1.807) is 0 Å². The van der Waals surface area contributed by atoms with Crippen LogP contribution in [0, 0.1) is 0 Å². The maximum absolute atomic E-state index is 12.5. The first-order valence-corrected chi connectivity index (χ1v) is 4.53. The Morgan fingerprint density at radius 3 is 1.61 bits per heavy atom. The summed E-state index contributed by atoms with van der Waals surface area (Å²) in [7, 11) is 0. The summed E-state index contributed by atoms with van der Waals surface area (Å²) in [4.78, 5) is 21.2. The smallest absolute Gasteiger partial charge is 0.351 e. The van der Waals surface area contributed by atoms with Crippen molar-refractivity contribution in [3.63, 3.8) is 0 Å². The van der Waals surface area contributed by atoms with E-state index in [2.05, 4.69) is 0 Å². The Morgan fingerprint density at radius 2 is 1.33 bits per heavy atom. The number of rotatable bonds is 2. The zero-order valence-corrected chi connectivity index (χ0v) is 8.84. The largest absolute Gasteiger partial charge is 0.416 e. The number of nitrogens with one attached hydrogen (secondary N) is 2. The van der Waals surface area contributed by atoms with E-state index in [0.29, 0.717) is 12.1 Å². The van der Waals surface area contributed by atoms with E-state index in [9.17, 15) is 22.8 Å². The third-order valence-corrected chi connectivity index (χ3v) is 1.80. The standard InChI is InChI=1S/C9H9F3N4O2/c10-9(11,12)4-1-5(15-7(13)17)3-6(2-4)16-8(14)18/h1-3H,(H3,13,15,17)(H3,14,16,18). The van der Waals surface area contributed by atoms with Crippen LogP contribution in [0.4, 0.5) is 34.1 Å². The zero-order chi connectivity index (χ0) is 13.9. The number of amides is 4. The summed E-state index contributed by atoms with van der Waals surface area (Å²) < 4.78 is 37.6. The molecule has 0 atom stereocenters. The van der Waals surface area contributed by atoms with Crippen LogP contribution in [-0.4, -0.2) is 12.1 Å². The van der Waals surface area contributed by atoms with Crippen LogP contribution in [0.25, 0.3) is 0 Å². The van der Waals surface area contributed by atoms with Crippen molar-refractivity contribution in [2.24, 2.45) is 11.5 Å². The zero-order valence-electron chi connectivity index (χ0n) is 8.84. The average molecular weight is 262 g/mol. The molecule has 0 saturated heterocycles. The Morgan fingerprint density at radius 1 is 0.944 bits per heavy atom. The van der Waals surface area contributed by atoms with E-state index in [-0.39, 0.29) is 11.4 Å². The predicted octanol–water partition coefficient (Wildman–Crippen LogP) is 1.69. The molecule has 0 unspecified atom stereocenters. The topological polar surface area (TPSA) is 110 Å².